The van der Waals surface area contributed by atoms with E-state index in [-0.39, 0.29) is 23.8 Å². The van der Waals surface area contributed by atoms with Crippen molar-refractivity contribution in [1.82, 2.24) is 0 Å². The van der Waals surface area contributed by atoms with Gasteiger partial charge in [0.15, 0.2) is 6.21 Å². The van der Waals surface area contributed by atoms with E-state index >= 15 is 0 Å². The standard InChI is InChI=1S/C12H10FNO2/c13-9-3-1-8(2-4-9)7-10-12(16)11(15)5-6-14-10/h1-4,6,16H,5,7H2/p+1. The molecule has 0 saturated heterocycles. The van der Waals surface area contributed by atoms with Crippen molar-refractivity contribution in [2.24, 2.45) is 0 Å². The van der Waals surface area contributed by atoms with E-state index in [4.69, 9.17) is 0 Å². The van der Waals surface area contributed by atoms with Crippen molar-refractivity contribution in [2.75, 3.05) is 0 Å². The molecule has 0 aliphatic carbocycles. The highest BCUT2D eigenvalue weighted by Crippen LogP contribution is 2.09. The Bertz CT molecular complexity index is 474. The first-order chi connectivity index (χ1) is 7.66. The number of halogens is 1. The Morgan fingerprint density at radius 2 is 2.00 bits per heavy atom. The predicted molar refractivity (Wildman–Crippen MR) is 56.4 cm³/mol. The Hall–Kier alpha value is -1.97. The van der Waals surface area contributed by atoms with E-state index in [0.29, 0.717) is 12.1 Å². The highest BCUT2D eigenvalue weighted by atomic mass is 19.1. The number of hydrogen-bond donors (Lipinski definition) is 2. The van der Waals surface area contributed by atoms with Crippen LogP contribution in [0.15, 0.2) is 35.7 Å². The van der Waals surface area contributed by atoms with Gasteiger partial charge in [0.25, 0.3) is 0 Å². The number of hydrogen-bond acceptors (Lipinski definition) is 2. The van der Waals surface area contributed by atoms with Gasteiger partial charge in [-0.3, -0.25) is 4.79 Å². The van der Waals surface area contributed by atoms with E-state index in [2.05, 4.69) is 4.99 Å². The van der Waals surface area contributed by atoms with Crippen LogP contribution in [0, 0.1) is 5.82 Å². The van der Waals surface area contributed by atoms with Crippen molar-refractivity contribution in [3.63, 3.8) is 0 Å². The highest BCUT2D eigenvalue weighted by molar-refractivity contribution is 6.01. The van der Waals surface area contributed by atoms with Crippen molar-refractivity contribution in [3.8, 4) is 0 Å². The molecule has 0 fully saturated rings. The highest BCUT2D eigenvalue weighted by Gasteiger charge is 2.22. The maximum Gasteiger partial charge on any atom is 0.229 e. The maximum absolute atomic E-state index is 12.7. The first-order valence-corrected chi connectivity index (χ1v) is 4.95. The molecule has 2 rings (SSSR count). The Labute approximate surface area is 91.9 Å². The first-order valence-electron chi connectivity index (χ1n) is 4.95. The molecule has 0 radical (unpaired) electrons. The first kappa shape index (κ1) is 10.5. The number of aliphatic hydroxyl groups excluding tert-OH is 1. The predicted octanol–water partition coefficient (Wildman–Crippen LogP) is 0.262. The van der Waals surface area contributed by atoms with Crippen molar-refractivity contribution < 1.29 is 19.3 Å². The van der Waals surface area contributed by atoms with Gasteiger partial charge in [-0.1, -0.05) is 12.1 Å². The van der Waals surface area contributed by atoms with E-state index in [1.807, 2.05) is 0 Å². The van der Waals surface area contributed by atoms with Gasteiger partial charge in [-0.25, -0.2) is 9.38 Å². The van der Waals surface area contributed by atoms with Crippen LogP contribution >= 0.6 is 0 Å². The van der Waals surface area contributed by atoms with Crippen LogP contribution in [0.2, 0.25) is 0 Å². The normalized spacial score (nSPS) is 15.7. The van der Waals surface area contributed by atoms with Gasteiger partial charge >= 0.3 is 0 Å². The lowest BCUT2D eigenvalue weighted by molar-refractivity contribution is -0.399. The second-order valence-corrected chi connectivity index (χ2v) is 3.61. The molecule has 0 bridgehead atoms. The van der Waals surface area contributed by atoms with E-state index < -0.39 is 0 Å². The van der Waals surface area contributed by atoms with Crippen LogP contribution in [0.5, 0.6) is 0 Å². The minimum atomic E-state index is -0.304. The molecule has 16 heavy (non-hydrogen) atoms. The van der Waals surface area contributed by atoms with E-state index in [1.54, 1.807) is 18.3 Å². The van der Waals surface area contributed by atoms with Gasteiger partial charge in [0.05, 0.1) is 12.8 Å². The van der Waals surface area contributed by atoms with Crippen molar-refractivity contribution in [2.45, 2.75) is 12.8 Å². The summed E-state index contributed by atoms with van der Waals surface area (Å²) in [6, 6.07) is 5.94. The molecule has 0 aromatic heterocycles. The molecule has 0 saturated carbocycles. The Morgan fingerprint density at radius 1 is 1.31 bits per heavy atom. The molecular formula is C12H11FNO2+. The Balaban J connectivity index is 2.21. The SMILES string of the molecule is O=C1CC=[NH+]C(Cc2ccc(F)cc2)=C1O. The average molecular weight is 220 g/mol. The van der Waals surface area contributed by atoms with Crippen LogP contribution in [0.1, 0.15) is 12.0 Å². The summed E-state index contributed by atoms with van der Waals surface area (Å²) in [5, 5.41) is 9.53. The van der Waals surface area contributed by atoms with Gasteiger partial charge in [0.1, 0.15) is 5.82 Å². The van der Waals surface area contributed by atoms with Gasteiger partial charge in [-0.05, 0) is 17.7 Å². The number of rotatable bonds is 2. The quantitative estimate of drug-likeness (QED) is 0.751. The van der Waals surface area contributed by atoms with Crippen LogP contribution in [-0.4, -0.2) is 17.1 Å². The van der Waals surface area contributed by atoms with Crippen LogP contribution in [0.25, 0.3) is 0 Å². The third-order valence-electron chi connectivity index (χ3n) is 2.41. The zero-order valence-electron chi connectivity index (χ0n) is 8.53. The number of aliphatic hydroxyl groups is 1. The number of benzene rings is 1. The fraction of sp³-hybridized carbons (Fsp3) is 0.167. The lowest BCUT2D eigenvalue weighted by atomic mass is 10.1. The lowest BCUT2D eigenvalue weighted by Crippen LogP contribution is -2.69. The van der Waals surface area contributed by atoms with Crippen LogP contribution in [0.3, 0.4) is 0 Å². The summed E-state index contributed by atoms with van der Waals surface area (Å²) in [5.74, 6) is -0.830. The minimum absolute atomic E-state index is 0.193. The molecule has 1 aliphatic rings. The third-order valence-corrected chi connectivity index (χ3v) is 2.41. The van der Waals surface area contributed by atoms with Gasteiger partial charge in [-0.2, -0.15) is 0 Å². The largest absolute Gasteiger partial charge is 0.500 e. The van der Waals surface area contributed by atoms with E-state index in [1.165, 1.54) is 12.1 Å². The van der Waals surface area contributed by atoms with Crippen LogP contribution in [0.4, 0.5) is 4.39 Å². The molecule has 82 valence electrons. The summed E-state index contributed by atoms with van der Waals surface area (Å²) in [6.07, 6.45) is 2.17. The topological polar surface area (TPSA) is 51.3 Å². The Morgan fingerprint density at radius 3 is 2.69 bits per heavy atom. The molecule has 4 heteroatoms. The molecule has 3 nitrogen and oxygen atoms in total. The fourth-order valence-corrected chi connectivity index (χ4v) is 1.54. The number of Topliss-reactive ketones (excluding diaryl/α,β-unsaturated/α-hetero) is 1. The third kappa shape index (κ3) is 2.16. The van der Waals surface area contributed by atoms with Crippen LogP contribution < -0.4 is 4.99 Å². The van der Waals surface area contributed by atoms with Crippen LogP contribution in [-0.2, 0) is 11.2 Å². The van der Waals surface area contributed by atoms with Gasteiger partial charge in [0.2, 0.25) is 17.2 Å². The number of ketones is 1. The Kier molecular flexibility index (Phi) is 2.81. The molecular weight excluding hydrogens is 209 g/mol. The molecule has 1 heterocycles. The smallest absolute Gasteiger partial charge is 0.229 e. The van der Waals surface area contributed by atoms with E-state index in [9.17, 15) is 14.3 Å². The molecule has 0 amide bonds. The van der Waals surface area contributed by atoms with Gasteiger partial charge in [0, 0.05) is 0 Å². The molecule has 1 aliphatic heterocycles. The second kappa shape index (κ2) is 4.26. The summed E-state index contributed by atoms with van der Waals surface area (Å²) in [4.78, 5) is 14.1. The van der Waals surface area contributed by atoms with Crippen molar-refractivity contribution in [3.05, 3.63) is 47.1 Å². The van der Waals surface area contributed by atoms with E-state index in [0.717, 1.165) is 5.56 Å². The zero-order chi connectivity index (χ0) is 11.5. The number of carbonyl (C=O) groups excluding carboxylic acids is 1. The molecule has 0 spiro atoms. The average Bonchev–Trinajstić information content (AvgIpc) is 2.28. The maximum atomic E-state index is 12.7. The molecule has 2 N–H and O–H groups in total. The number of carbonyl (C=O) groups is 1. The minimum Gasteiger partial charge on any atom is -0.500 e. The van der Waals surface area contributed by atoms with Crippen molar-refractivity contribution >= 4 is 12.0 Å². The molecule has 1 aromatic carbocycles. The fourth-order valence-electron chi connectivity index (χ4n) is 1.54. The van der Waals surface area contributed by atoms with Gasteiger partial charge < -0.3 is 5.11 Å². The summed E-state index contributed by atoms with van der Waals surface area (Å²) < 4.78 is 12.7. The summed E-state index contributed by atoms with van der Waals surface area (Å²) in [7, 11) is 0. The number of allylic oxidation sites excluding steroid dienone is 2. The summed E-state index contributed by atoms with van der Waals surface area (Å²) >= 11 is 0. The molecule has 0 unspecified atom stereocenters. The second-order valence-electron chi connectivity index (χ2n) is 3.61. The van der Waals surface area contributed by atoms with Gasteiger partial charge in [-0.15, -0.1) is 0 Å². The summed E-state index contributed by atoms with van der Waals surface area (Å²) in [6.45, 7) is 0. The number of nitrogens with one attached hydrogen (secondary N) is 1. The summed E-state index contributed by atoms with van der Waals surface area (Å²) in [5.41, 5.74) is 1.29. The zero-order valence-corrected chi connectivity index (χ0v) is 8.53. The monoisotopic (exact) mass is 220 g/mol. The molecule has 0 atom stereocenters. The van der Waals surface area contributed by atoms with Crippen molar-refractivity contribution in [1.29, 1.82) is 0 Å². The lowest BCUT2D eigenvalue weighted by Gasteiger charge is -2.04. The molecule has 1 aromatic rings.